The molecule has 2 aliphatic rings. The van der Waals surface area contributed by atoms with Crippen LogP contribution in [0.1, 0.15) is 44.7 Å². The molecule has 1 aromatic rings. The Morgan fingerprint density at radius 3 is 2.48 bits per heavy atom. The second kappa shape index (κ2) is 6.27. The molecule has 21 heavy (non-hydrogen) atoms. The van der Waals surface area contributed by atoms with Gasteiger partial charge in [-0.05, 0) is 50.1 Å². The summed E-state index contributed by atoms with van der Waals surface area (Å²) in [6.07, 6.45) is 3.94. The lowest BCUT2D eigenvalue weighted by molar-refractivity contribution is 0.157. The number of ether oxygens (including phenoxy) is 2. The predicted octanol–water partition coefficient (Wildman–Crippen LogP) is 3.79. The lowest BCUT2D eigenvalue weighted by atomic mass is 9.72. The molecule has 3 heteroatoms. The smallest absolute Gasteiger partial charge is 0.166 e. The molecule has 1 N–H and O–H groups in total. The summed E-state index contributed by atoms with van der Waals surface area (Å²) in [6, 6.07) is 6.64. The molecule has 0 spiro atoms. The van der Waals surface area contributed by atoms with Gasteiger partial charge in [0.2, 0.25) is 0 Å². The summed E-state index contributed by atoms with van der Waals surface area (Å²) in [5, 5.41) is 3.54. The fraction of sp³-hybridized carbons (Fsp3) is 0.667. The van der Waals surface area contributed by atoms with Gasteiger partial charge < -0.3 is 14.8 Å². The van der Waals surface area contributed by atoms with Gasteiger partial charge in [-0.15, -0.1) is 0 Å². The predicted molar refractivity (Wildman–Crippen MR) is 84.9 cm³/mol. The number of benzene rings is 1. The molecule has 116 valence electrons. The average Bonchev–Trinajstić information content (AvgIpc) is 2.47. The molecular weight excluding hydrogens is 262 g/mol. The van der Waals surface area contributed by atoms with Crippen molar-refractivity contribution in [2.45, 2.75) is 39.2 Å². The van der Waals surface area contributed by atoms with Crippen molar-refractivity contribution in [2.24, 2.45) is 17.8 Å². The van der Waals surface area contributed by atoms with Crippen molar-refractivity contribution in [1.29, 1.82) is 0 Å². The van der Waals surface area contributed by atoms with E-state index >= 15 is 0 Å². The van der Waals surface area contributed by atoms with Crippen LogP contribution in [0.4, 0.5) is 0 Å². The topological polar surface area (TPSA) is 30.5 Å². The van der Waals surface area contributed by atoms with Crippen molar-refractivity contribution in [2.75, 3.05) is 20.3 Å². The van der Waals surface area contributed by atoms with Gasteiger partial charge >= 0.3 is 0 Å². The molecule has 1 aliphatic heterocycles. The Hall–Kier alpha value is -1.22. The minimum absolute atomic E-state index is 0.354. The van der Waals surface area contributed by atoms with E-state index in [-0.39, 0.29) is 0 Å². The molecule has 1 saturated carbocycles. The highest BCUT2D eigenvalue weighted by molar-refractivity contribution is 5.49. The van der Waals surface area contributed by atoms with Crippen LogP contribution in [0.15, 0.2) is 18.2 Å². The largest absolute Gasteiger partial charge is 0.486 e. The second-order valence-corrected chi connectivity index (χ2v) is 6.82. The van der Waals surface area contributed by atoms with E-state index in [0.29, 0.717) is 25.2 Å². The molecule has 1 heterocycles. The minimum atomic E-state index is 0.354. The van der Waals surface area contributed by atoms with Gasteiger partial charge in [0.05, 0.1) is 0 Å². The number of rotatable bonds is 3. The molecule has 0 aromatic heterocycles. The standard InChI is InChI=1S/C18H27NO2/c1-12-9-13(2)11-14(10-12)17(19-3)15-5-4-6-16-18(15)21-8-7-20-16/h4-6,12-14,17,19H,7-11H2,1-3H3. The van der Waals surface area contributed by atoms with Crippen LogP contribution < -0.4 is 14.8 Å². The zero-order valence-electron chi connectivity index (χ0n) is 13.4. The van der Waals surface area contributed by atoms with Crippen molar-refractivity contribution in [3.8, 4) is 11.5 Å². The fourth-order valence-electron chi connectivity index (χ4n) is 4.27. The molecule has 0 saturated heterocycles. The number of fused-ring (bicyclic) bond motifs is 1. The maximum atomic E-state index is 5.92. The van der Waals surface area contributed by atoms with Gasteiger partial charge in [-0.25, -0.2) is 0 Å². The molecule has 3 rings (SSSR count). The van der Waals surface area contributed by atoms with E-state index in [4.69, 9.17) is 9.47 Å². The zero-order chi connectivity index (χ0) is 14.8. The van der Waals surface area contributed by atoms with Crippen LogP contribution in [0.2, 0.25) is 0 Å². The van der Waals surface area contributed by atoms with Crippen LogP contribution in [0.5, 0.6) is 11.5 Å². The van der Waals surface area contributed by atoms with Crippen LogP contribution in [0.3, 0.4) is 0 Å². The van der Waals surface area contributed by atoms with Gasteiger partial charge in [-0.3, -0.25) is 0 Å². The van der Waals surface area contributed by atoms with Crippen LogP contribution in [-0.2, 0) is 0 Å². The Bertz CT molecular complexity index is 478. The molecule has 3 unspecified atom stereocenters. The van der Waals surface area contributed by atoms with Gasteiger partial charge in [0, 0.05) is 11.6 Å². The Labute approximate surface area is 128 Å². The first-order valence-corrected chi connectivity index (χ1v) is 8.24. The third kappa shape index (κ3) is 3.03. The molecule has 1 fully saturated rings. The first-order chi connectivity index (χ1) is 10.2. The fourth-order valence-corrected chi connectivity index (χ4v) is 4.27. The number of nitrogens with one attached hydrogen (secondary N) is 1. The summed E-state index contributed by atoms with van der Waals surface area (Å²) in [6.45, 7) is 6.07. The van der Waals surface area contributed by atoms with Gasteiger partial charge in [0.25, 0.3) is 0 Å². The number of hydrogen-bond acceptors (Lipinski definition) is 3. The molecule has 0 amide bonds. The van der Waals surface area contributed by atoms with E-state index in [0.717, 1.165) is 23.3 Å². The van der Waals surface area contributed by atoms with Gasteiger partial charge in [-0.1, -0.05) is 26.0 Å². The number of hydrogen-bond donors (Lipinski definition) is 1. The number of para-hydroxylation sites is 1. The highest BCUT2D eigenvalue weighted by atomic mass is 16.6. The van der Waals surface area contributed by atoms with Crippen molar-refractivity contribution < 1.29 is 9.47 Å². The molecule has 1 aliphatic carbocycles. The third-order valence-corrected chi connectivity index (χ3v) is 4.93. The summed E-state index contributed by atoms with van der Waals surface area (Å²) in [5.74, 6) is 4.15. The van der Waals surface area contributed by atoms with E-state index < -0.39 is 0 Å². The van der Waals surface area contributed by atoms with E-state index in [1.165, 1.54) is 24.8 Å². The molecular formula is C18H27NO2. The Kier molecular flexibility index (Phi) is 4.39. The summed E-state index contributed by atoms with van der Waals surface area (Å²) < 4.78 is 11.7. The first kappa shape index (κ1) is 14.7. The first-order valence-electron chi connectivity index (χ1n) is 8.24. The zero-order valence-corrected chi connectivity index (χ0v) is 13.4. The molecule has 0 bridgehead atoms. The van der Waals surface area contributed by atoms with E-state index in [1.54, 1.807) is 0 Å². The van der Waals surface area contributed by atoms with E-state index in [2.05, 4.69) is 38.3 Å². The summed E-state index contributed by atoms with van der Waals surface area (Å²) in [7, 11) is 2.07. The van der Waals surface area contributed by atoms with Crippen molar-refractivity contribution >= 4 is 0 Å². The van der Waals surface area contributed by atoms with Crippen molar-refractivity contribution in [3.63, 3.8) is 0 Å². The average molecular weight is 289 g/mol. The van der Waals surface area contributed by atoms with E-state index in [1.807, 2.05) is 6.07 Å². The normalized spacial score (nSPS) is 30.0. The SMILES string of the molecule is CNC(c1cccc2c1OCCO2)C1CC(C)CC(C)C1. The Morgan fingerprint density at radius 2 is 1.76 bits per heavy atom. The van der Waals surface area contributed by atoms with Crippen LogP contribution in [-0.4, -0.2) is 20.3 Å². The van der Waals surface area contributed by atoms with E-state index in [9.17, 15) is 0 Å². The maximum Gasteiger partial charge on any atom is 0.166 e. The summed E-state index contributed by atoms with van der Waals surface area (Å²) in [5.41, 5.74) is 1.26. The molecule has 3 atom stereocenters. The van der Waals surface area contributed by atoms with Crippen molar-refractivity contribution in [1.82, 2.24) is 5.32 Å². The van der Waals surface area contributed by atoms with Crippen LogP contribution in [0.25, 0.3) is 0 Å². The lowest BCUT2D eigenvalue weighted by Gasteiger charge is -2.37. The van der Waals surface area contributed by atoms with Crippen LogP contribution in [0, 0.1) is 17.8 Å². The van der Waals surface area contributed by atoms with Gasteiger partial charge in [0.1, 0.15) is 13.2 Å². The maximum absolute atomic E-state index is 5.92. The third-order valence-electron chi connectivity index (χ3n) is 4.93. The highest BCUT2D eigenvalue weighted by Gasteiger charge is 2.32. The van der Waals surface area contributed by atoms with Crippen LogP contribution >= 0.6 is 0 Å². The quantitative estimate of drug-likeness (QED) is 0.918. The van der Waals surface area contributed by atoms with Crippen molar-refractivity contribution in [3.05, 3.63) is 23.8 Å². The highest BCUT2D eigenvalue weighted by Crippen LogP contribution is 2.44. The summed E-state index contributed by atoms with van der Waals surface area (Å²) in [4.78, 5) is 0. The lowest BCUT2D eigenvalue weighted by Crippen LogP contribution is -2.32. The molecule has 1 aromatic carbocycles. The van der Waals surface area contributed by atoms with Gasteiger partial charge in [-0.2, -0.15) is 0 Å². The summed E-state index contributed by atoms with van der Waals surface area (Å²) >= 11 is 0. The Morgan fingerprint density at radius 1 is 1.05 bits per heavy atom. The molecule has 3 nitrogen and oxygen atoms in total. The minimum Gasteiger partial charge on any atom is -0.486 e. The van der Waals surface area contributed by atoms with Gasteiger partial charge in [0.15, 0.2) is 11.5 Å². The second-order valence-electron chi connectivity index (χ2n) is 6.82. The monoisotopic (exact) mass is 289 g/mol. The Balaban J connectivity index is 1.89. The molecule has 0 radical (unpaired) electrons.